The highest BCUT2D eigenvalue weighted by Crippen LogP contribution is 2.16. The van der Waals surface area contributed by atoms with E-state index in [9.17, 15) is 4.79 Å². The number of rotatable bonds is 3. The molecule has 1 saturated heterocycles. The average molecular weight is 205 g/mol. The van der Waals surface area contributed by atoms with Crippen molar-refractivity contribution < 1.29 is 4.79 Å². The van der Waals surface area contributed by atoms with Crippen molar-refractivity contribution in [2.45, 2.75) is 12.8 Å². The van der Waals surface area contributed by atoms with Gasteiger partial charge in [0.15, 0.2) is 0 Å². The molecule has 0 N–H and O–H groups in total. The number of Topliss-reactive ketones (excluding diaryl/α,β-unsaturated/α-hetero) is 1. The van der Waals surface area contributed by atoms with E-state index in [-0.39, 0.29) is 11.7 Å². The molecule has 4 heteroatoms. The lowest BCUT2D eigenvalue weighted by Crippen LogP contribution is -2.21. The second-order valence-corrected chi connectivity index (χ2v) is 4.06. The first kappa shape index (κ1) is 10.2. The van der Waals surface area contributed by atoms with Gasteiger partial charge in [-0.1, -0.05) is 0 Å². The zero-order valence-corrected chi connectivity index (χ0v) is 8.89. The lowest BCUT2D eigenvalue weighted by Gasteiger charge is -2.08. The first-order valence-electron chi connectivity index (χ1n) is 5.23. The first-order valence-corrected chi connectivity index (χ1v) is 5.23. The number of carbonyl (C=O) groups excluding carboxylic acids is 1. The highest BCUT2D eigenvalue weighted by molar-refractivity contribution is 5.83. The summed E-state index contributed by atoms with van der Waals surface area (Å²) < 4.78 is 0. The Bertz CT molecular complexity index is 339. The van der Waals surface area contributed by atoms with Crippen LogP contribution in [0.5, 0.6) is 0 Å². The van der Waals surface area contributed by atoms with Crippen molar-refractivity contribution in [3.05, 3.63) is 24.3 Å². The number of likely N-dealkylation sites (tertiary alicyclic amines) is 1. The quantitative estimate of drug-likeness (QED) is 0.722. The summed E-state index contributed by atoms with van der Waals surface area (Å²) in [5.41, 5.74) is 0. The van der Waals surface area contributed by atoms with Crippen LogP contribution >= 0.6 is 0 Å². The Labute approximate surface area is 89.3 Å². The fourth-order valence-corrected chi connectivity index (χ4v) is 1.92. The lowest BCUT2D eigenvalue weighted by molar-refractivity contribution is -0.121. The van der Waals surface area contributed by atoms with Crippen LogP contribution in [0.3, 0.4) is 0 Å². The SMILES string of the molecule is CN1CCC(C(=O)Cc2ncccn2)C1. The van der Waals surface area contributed by atoms with Crippen LogP contribution in [0.25, 0.3) is 0 Å². The molecule has 0 radical (unpaired) electrons. The summed E-state index contributed by atoms with van der Waals surface area (Å²) in [7, 11) is 2.05. The van der Waals surface area contributed by atoms with Crippen molar-refractivity contribution in [3.8, 4) is 0 Å². The molecule has 80 valence electrons. The minimum absolute atomic E-state index is 0.179. The predicted molar refractivity (Wildman–Crippen MR) is 56.3 cm³/mol. The molecule has 0 aliphatic carbocycles. The number of carbonyl (C=O) groups is 1. The van der Waals surface area contributed by atoms with Crippen LogP contribution in [0.15, 0.2) is 18.5 Å². The van der Waals surface area contributed by atoms with Gasteiger partial charge in [0, 0.05) is 24.9 Å². The van der Waals surface area contributed by atoms with E-state index in [1.807, 2.05) is 7.05 Å². The molecule has 0 aromatic carbocycles. The average Bonchev–Trinajstić information content (AvgIpc) is 2.66. The van der Waals surface area contributed by atoms with E-state index >= 15 is 0 Å². The van der Waals surface area contributed by atoms with Crippen LogP contribution < -0.4 is 0 Å². The van der Waals surface area contributed by atoms with Crippen molar-refractivity contribution in [2.75, 3.05) is 20.1 Å². The van der Waals surface area contributed by atoms with Gasteiger partial charge in [0.2, 0.25) is 0 Å². The molecular weight excluding hydrogens is 190 g/mol. The maximum absolute atomic E-state index is 11.9. The molecule has 1 aromatic heterocycles. The minimum Gasteiger partial charge on any atom is -0.306 e. The van der Waals surface area contributed by atoms with Gasteiger partial charge in [-0.2, -0.15) is 0 Å². The molecule has 1 unspecified atom stereocenters. The van der Waals surface area contributed by atoms with Crippen LogP contribution in [-0.4, -0.2) is 40.8 Å². The second kappa shape index (κ2) is 4.49. The van der Waals surface area contributed by atoms with E-state index < -0.39 is 0 Å². The molecule has 0 spiro atoms. The molecule has 1 aliphatic heterocycles. The summed E-state index contributed by atoms with van der Waals surface area (Å²) in [5.74, 6) is 1.08. The summed E-state index contributed by atoms with van der Waals surface area (Å²) >= 11 is 0. The number of aromatic nitrogens is 2. The Morgan fingerprint density at radius 2 is 2.27 bits per heavy atom. The summed E-state index contributed by atoms with van der Waals surface area (Å²) in [6, 6.07) is 1.76. The summed E-state index contributed by atoms with van der Waals surface area (Å²) in [6.07, 6.45) is 4.70. The molecule has 2 heterocycles. The normalized spacial score (nSPS) is 21.8. The van der Waals surface area contributed by atoms with Gasteiger partial charge < -0.3 is 4.90 Å². The van der Waals surface area contributed by atoms with Gasteiger partial charge in [-0.25, -0.2) is 9.97 Å². The second-order valence-electron chi connectivity index (χ2n) is 4.06. The molecular formula is C11H15N3O. The van der Waals surface area contributed by atoms with Crippen LogP contribution in [0.4, 0.5) is 0 Å². The van der Waals surface area contributed by atoms with Gasteiger partial charge in [-0.05, 0) is 26.1 Å². The molecule has 4 nitrogen and oxygen atoms in total. The standard InChI is InChI=1S/C11H15N3O/c1-14-6-3-9(8-14)10(15)7-11-12-4-2-5-13-11/h2,4-5,9H,3,6-8H2,1H3. The molecule has 1 aromatic rings. The topological polar surface area (TPSA) is 46.1 Å². The fraction of sp³-hybridized carbons (Fsp3) is 0.545. The van der Waals surface area contributed by atoms with Gasteiger partial charge in [0.25, 0.3) is 0 Å². The fourth-order valence-electron chi connectivity index (χ4n) is 1.92. The minimum atomic E-state index is 0.179. The van der Waals surface area contributed by atoms with Crippen LogP contribution in [0.1, 0.15) is 12.2 Å². The zero-order chi connectivity index (χ0) is 10.7. The zero-order valence-electron chi connectivity index (χ0n) is 8.89. The van der Waals surface area contributed by atoms with Gasteiger partial charge >= 0.3 is 0 Å². The Morgan fingerprint density at radius 3 is 2.87 bits per heavy atom. The largest absolute Gasteiger partial charge is 0.306 e. The number of hydrogen-bond acceptors (Lipinski definition) is 4. The highest BCUT2D eigenvalue weighted by atomic mass is 16.1. The summed E-state index contributed by atoms with van der Waals surface area (Å²) in [4.78, 5) is 22.2. The van der Waals surface area contributed by atoms with Gasteiger partial charge in [0.05, 0.1) is 6.42 Å². The van der Waals surface area contributed by atoms with E-state index in [0.29, 0.717) is 12.2 Å². The van der Waals surface area contributed by atoms with E-state index in [1.54, 1.807) is 18.5 Å². The molecule has 1 aliphatic rings. The molecule has 0 amide bonds. The Kier molecular flexibility index (Phi) is 3.06. The molecule has 15 heavy (non-hydrogen) atoms. The van der Waals surface area contributed by atoms with Gasteiger partial charge in [0.1, 0.15) is 11.6 Å². The summed E-state index contributed by atoms with van der Waals surface area (Å²) in [6.45, 7) is 1.90. The van der Waals surface area contributed by atoms with Gasteiger partial charge in [-0.3, -0.25) is 4.79 Å². The van der Waals surface area contributed by atoms with E-state index in [0.717, 1.165) is 19.5 Å². The number of ketones is 1. The first-order chi connectivity index (χ1) is 7.25. The maximum atomic E-state index is 11.9. The van der Waals surface area contributed by atoms with Crippen LogP contribution in [0.2, 0.25) is 0 Å². The summed E-state index contributed by atoms with van der Waals surface area (Å²) in [5, 5.41) is 0. The van der Waals surface area contributed by atoms with E-state index in [4.69, 9.17) is 0 Å². The van der Waals surface area contributed by atoms with E-state index in [1.165, 1.54) is 0 Å². The lowest BCUT2D eigenvalue weighted by atomic mass is 10.0. The molecule has 0 bridgehead atoms. The molecule has 1 atom stereocenters. The molecule has 2 rings (SSSR count). The Hall–Kier alpha value is -1.29. The van der Waals surface area contributed by atoms with Crippen LogP contribution in [-0.2, 0) is 11.2 Å². The van der Waals surface area contributed by atoms with Crippen molar-refractivity contribution in [1.82, 2.24) is 14.9 Å². The molecule has 0 saturated carbocycles. The van der Waals surface area contributed by atoms with Crippen molar-refractivity contribution in [2.24, 2.45) is 5.92 Å². The smallest absolute Gasteiger partial charge is 0.144 e. The third-order valence-electron chi connectivity index (χ3n) is 2.80. The van der Waals surface area contributed by atoms with Crippen molar-refractivity contribution in [1.29, 1.82) is 0 Å². The predicted octanol–water partition coefficient (Wildman–Crippen LogP) is 0.540. The monoisotopic (exact) mass is 205 g/mol. The van der Waals surface area contributed by atoms with Crippen molar-refractivity contribution >= 4 is 5.78 Å². The number of nitrogens with zero attached hydrogens (tertiary/aromatic N) is 3. The number of hydrogen-bond donors (Lipinski definition) is 0. The van der Waals surface area contributed by atoms with E-state index in [2.05, 4.69) is 14.9 Å². The maximum Gasteiger partial charge on any atom is 0.144 e. The van der Waals surface area contributed by atoms with Crippen LogP contribution in [0, 0.1) is 5.92 Å². The Balaban J connectivity index is 1.93. The molecule has 1 fully saturated rings. The highest BCUT2D eigenvalue weighted by Gasteiger charge is 2.26. The van der Waals surface area contributed by atoms with Crippen molar-refractivity contribution in [3.63, 3.8) is 0 Å². The van der Waals surface area contributed by atoms with Gasteiger partial charge in [-0.15, -0.1) is 0 Å². The third-order valence-corrected chi connectivity index (χ3v) is 2.80. The third kappa shape index (κ3) is 2.59. The Morgan fingerprint density at radius 1 is 1.53 bits per heavy atom.